The van der Waals surface area contributed by atoms with E-state index < -0.39 is 6.36 Å². The maximum atomic E-state index is 12.3. The number of rotatable bonds is 6. The van der Waals surface area contributed by atoms with Crippen LogP contribution in [0.2, 0.25) is 0 Å². The molecule has 0 aromatic heterocycles. The molecule has 5 heteroatoms. The molecule has 0 aliphatic heterocycles. The van der Waals surface area contributed by atoms with Crippen LogP contribution in [0.3, 0.4) is 0 Å². The molecule has 1 aromatic carbocycles. The van der Waals surface area contributed by atoms with Crippen LogP contribution in [0.1, 0.15) is 62.8 Å². The molecule has 3 rings (SSSR count). The summed E-state index contributed by atoms with van der Waals surface area (Å²) in [6, 6.07) is 8.36. The molecule has 0 heterocycles. The topological polar surface area (TPSA) is 33.0 Å². The van der Waals surface area contributed by atoms with Crippen molar-refractivity contribution in [2.24, 2.45) is 17.8 Å². The van der Waals surface area contributed by atoms with Crippen LogP contribution in [0, 0.1) is 29.1 Å². The number of hydrogen-bond acceptors (Lipinski definition) is 2. The van der Waals surface area contributed by atoms with Crippen molar-refractivity contribution in [3.8, 4) is 11.8 Å². The summed E-state index contributed by atoms with van der Waals surface area (Å²) in [6.07, 6.45) is 11.8. The van der Waals surface area contributed by atoms with Gasteiger partial charge in [-0.1, -0.05) is 42.5 Å². The van der Waals surface area contributed by atoms with Gasteiger partial charge in [0.1, 0.15) is 5.75 Å². The van der Waals surface area contributed by atoms with Crippen LogP contribution in [0.15, 0.2) is 60.7 Å². The first-order valence-corrected chi connectivity index (χ1v) is 11.1. The highest BCUT2D eigenvalue weighted by Crippen LogP contribution is 2.44. The van der Waals surface area contributed by atoms with Crippen molar-refractivity contribution >= 4 is 0 Å². The third-order valence-electron chi connectivity index (χ3n) is 6.80. The van der Waals surface area contributed by atoms with Gasteiger partial charge in [-0.25, -0.2) is 0 Å². The standard InChI is InChI=1S/C26H30F3NO/c1-19(21-8-6-20(7-9-21)5-3-2-4-18-30)22-10-12-23(13-11-22)24-14-16-25(17-15-24)31-26(27,28)29/h2-5,14-17,20-23H,1,6-13H2/b4-2+,5-3+/t20-,21-,22-,23-. The van der Waals surface area contributed by atoms with Crippen LogP contribution < -0.4 is 4.74 Å². The van der Waals surface area contributed by atoms with Crippen LogP contribution in [0.4, 0.5) is 13.2 Å². The summed E-state index contributed by atoms with van der Waals surface area (Å²) in [7, 11) is 0. The summed E-state index contributed by atoms with van der Waals surface area (Å²) in [5, 5.41) is 8.53. The van der Waals surface area contributed by atoms with E-state index >= 15 is 0 Å². The first-order chi connectivity index (χ1) is 14.9. The van der Waals surface area contributed by atoms with Crippen molar-refractivity contribution in [1.82, 2.24) is 0 Å². The van der Waals surface area contributed by atoms with Gasteiger partial charge in [0.2, 0.25) is 0 Å². The van der Waals surface area contributed by atoms with E-state index in [0.717, 1.165) is 31.2 Å². The minimum atomic E-state index is -4.65. The van der Waals surface area contributed by atoms with E-state index in [9.17, 15) is 13.2 Å². The number of allylic oxidation sites excluding steroid dienone is 5. The largest absolute Gasteiger partial charge is 0.573 e. The highest BCUT2D eigenvalue weighted by atomic mass is 19.4. The second kappa shape index (κ2) is 10.7. The van der Waals surface area contributed by atoms with Crippen LogP contribution in [0.5, 0.6) is 5.75 Å². The zero-order valence-electron chi connectivity index (χ0n) is 17.8. The quantitative estimate of drug-likeness (QED) is 0.262. The first-order valence-electron chi connectivity index (χ1n) is 11.1. The van der Waals surface area contributed by atoms with Gasteiger partial charge < -0.3 is 4.74 Å². The Morgan fingerprint density at radius 3 is 2.06 bits per heavy atom. The zero-order valence-corrected chi connectivity index (χ0v) is 17.8. The molecule has 0 atom stereocenters. The lowest BCUT2D eigenvalue weighted by atomic mass is 9.70. The number of nitriles is 1. The number of alkyl halides is 3. The summed E-state index contributed by atoms with van der Waals surface area (Å²) in [5.41, 5.74) is 2.50. The Morgan fingerprint density at radius 2 is 1.52 bits per heavy atom. The Balaban J connectivity index is 1.44. The van der Waals surface area contributed by atoms with Crippen LogP contribution in [0.25, 0.3) is 0 Å². The molecule has 2 fully saturated rings. The lowest BCUT2D eigenvalue weighted by Gasteiger charge is -2.36. The predicted octanol–water partition coefficient (Wildman–Crippen LogP) is 7.86. The van der Waals surface area contributed by atoms with Gasteiger partial charge in [0.25, 0.3) is 0 Å². The van der Waals surface area contributed by atoms with Crippen LogP contribution in [-0.2, 0) is 0 Å². The molecular weight excluding hydrogens is 399 g/mol. The second-order valence-electron chi connectivity index (χ2n) is 8.73. The van der Waals surface area contributed by atoms with Gasteiger partial charge in [0, 0.05) is 6.08 Å². The minimum Gasteiger partial charge on any atom is -0.406 e. The van der Waals surface area contributed by atoms with Crippen molar-refractivity contribution in [3.05, 3.63) is 66.3 Å². The fourth-order valence-corrected chi connectivity index (χ4v) is 5.07. The van der Waals surface area contributed by atoms with E-state index in [2.05, 4.69) is 17.4 Å². The van der Waals surface area contributed by atoms with Gasteiger partial charge in [-0.15, -0.1) is 13.2 Å². The van der Waals surface area contributed by atoms with E-state index in [4.69, 9.17) is 5.26 Å². The summed E-state index contributed by atoms with van der Waals surface area (Å²) in [6.45, 7) is 4.47. The number of benzene rings is 1. The Morgan fingerprint density at radius 1 is 0.935 bits per heavy atom. The summed E-state index contributed by atoms with van der Waals surface area (Å²) in [4.78, 5) is 0. The van der Waals surface area contributed by atoms with E-state index in [1.807, 2.05) is 12.1 Å². The smallest absolute Gasteiger partial charge is 0.406 e. The van der Waals surface area contributed by atoms with Crippen LogP contribution in [-0.4, -0.2) is 6.36 Å². The maximum absolute atomic E-state index is 12.3. The monoisotopic (exact) mass is 429 g/mol. The normalized spacial score (nSPS) is 27.3. The molecule has 0 amide bonds. The third-order valence-corrected chi connectivity index (χ3v) is 6.80. The molecule has 0 saturated heterocycles. The Bertz CT molecular complexity index is 816. The van der Waals surface area contributed by atoms with Gasteiger partial charge in [0.05, 0.1) is 6.07 Å². The van der Waals surface area contributed by atoms with E-state index in [1.54, 1.807) is 18.2 Å². The SMILES string of the molecule is C=C([C@H]1CC[C@H](/C=C/C=C/C#N)CC1)[C@H]1CC[C@H](c2ccc(OC(F)(F)F)cc2)CC1. The number of halogens is 3. The zero-order chi connectivity index (χ0) is 22.3. The minimum absolute atomic E-state index is 0.162. The molecule has 1 aromatic rings. The van der Waals surface area contributed by atoms with Crippen molar-refractivity contribution in [3.63, 3.8) is 0 Å². The predicted molar refractivity (Wildman–Crippen MR) is 116 cm³/mol. The highest BCUT2D eigenvalue weighted by Gasteiger charge is 2.32. The molecule has 0 N–H and O–H groups in total. The number of nitrogens with zero attached hydrogens (tertiary/aromatic N) is 1. The molecule has 2 saturated carbocycles. The van der Waals surface area contributed by atoms with Gasteiger partial charge in [-0.3, -0.25) is 0 Å². The van der Waals surface area contributed by atoms with Gasteiger partial charge in [-0.05, 0) is 92.7 Å². The van der Waals surface area contributed by atoms with E-state index in [0.29, 0.717) is 23.7 Å². The van der Waals surface area contributed by atoms with Crippen molar-refractivity contribution in [1.29, 1.82) is 5.26 Å². The fraction of sp³-hybridized carbons (Fsp3) is 0.500. The van der Waals surface area contributed by atoms with Crippen molar-refractivity contribution in [2.45, 2.75) is 63.6 Å². The Labute approximate surface area is 183 Å². The van der Waals surface area contributed by atoms with E-state index in [-0.39, 0.29) is 5.75 Å². The average molecular weight is 430 g/mol. The van der Waals surface area contributed by atoms with Crippen molar-refractivity contribution < 1.29 is 17.9 Å². The van der Waals surface area contributed by atoms with Gasteiger partial charge >= 0.3 is 6.36 Å². The summed E-state index contributed by atoms with van der Waals surface area (Å²) >= 11 is 0. The molecule has 31 heavy (non-hydrogen) atoms. The van der Waals surface area contributed by atoms with Gasteiger partial charge in [0.15, 0.2) is 0 Å². The summed E-state index contributed by atoms with van der Waals surface area (Å²) in [5.74, 6) is 1.97. The lowest BCUT2D eigenvalue weighted by molar-refractivity contribution is -0.274. The van der Waals surface area contributed by atoms with E-state index in [1.165, 1.54) is 49.5 Å². The molecule has 0 unspecified atom stereocenters. The van der Waals surface area contributed by atoms with Gasteiger partial charge in [-0.2, -0.15) is 5.26 Å². The Kier molecular flexibility index (Phi) is 8.01. The molecule has 2 aliphatic carbocycles. The first kappa shape index (κ1) is 23.2. The summed E-state index contributed by atoms with van der Waals surface area (Å²) < 4.78 is 40.9. The molecule has 166 valence electrons. The third kappa shape index (κ3) is 7.02. The molecule has 0 bridgehead atoms. The maximum Gasteiger partial charge on any atom is 0.573 e. The molecule has 2 aliphatic rings. The molecule has 0 spiro atoms. The van der Waals surface area contributed by atoms with Crippen molar-refractivity contribution in [2.75, 3.05) is 0 Å². The number of hydrogen-bond donors (Lipinski definition) is 0. The van der Waals surface area contributed by atoms with Crippen LogP contribution >= 0.6 is 0 Å². The molecule has 2 nitrogen and oxygen atoms in total. The second-order valence-corrected chi connectivity index (χ2v) is 8.73. The highest BCUT2D eigenvalue weighted by molar-refractivity contribution is 5.30. The molecular formula is C26H30F3NO. The average Bonchev–Trinajstić information content (AvgIpc) is 2.76. The number of ether oxygens (including phenoxy) is 1. The lowest BCUT2D eigenvalue weighted by Crippen LogP contribution is -2.22. The fourth-order valence-electron chi connectivity index (χ4n) is 5.07. The Hall–Kier alpha value is -2.48. The molecule has 0 radical (unpaired) electrons.